The summed E-state index contributed by atoms with van der Waals surface area (Å²) in [5.41, 5.74) is -0.998. The largest absolute Gasteiger partial charge is 0.433 e. The topological polar surface area (TPSA) is 62.3 Å². The van der Waals surface area contributed by atoms with E-state index in [0.717, 1.165) is 31.2 Å². The molecule has 8 heteroatoms. The summed E-state index contributed by atoms with van der Waals surface area (Å²) < 4.78 is 37.3. The number of likely N-dealkylation sites (tertiary alicyclic amines) is 1. The number of carbonyl (C=O) groups excluding carboxylic acids is 2. The second kappa shape index (κ2) is 6.26. The Morgan fingerprint density at radius 2 is 1.75 bits per heavy atom. The Bertz CT molecular complexity index is 654. The normalized spacial score (nSPS) is 23.0. The SMILES string of the molecule is O=C(Nc1ccc(C(F)(F)F)nc1)C(=O)N1C[C@H]2CC=CC[C@@H]2C1. The monoisotopic (exact) mass is 339 g/mol. The van der Waals surface area contributed by atoms with Crippen molar-refractivity contribution in [3.05, 3.63) is 36.2 Å². The fraction of sp³-hybridized carbons (Fsp3) is 0.438. The molecule has 0 unspecified atom stereocenters. The maximum absolute atomic E-state index is 12.4. The summed E-state index contributed by atoms with van der Waals surface area (Å²) in [5, 5.41) is 2.30. The molecule has 1 aromatic heterocycles. The molecule has 24 heavy (non-hydrogen) atoms. The van der Waals surface area contributed by atoms with Gasteiger partial charge < -0.3 is 10.2 Å². The zero-order valence-corrected chi connectivity index (χ0v) is 12.7. The van der Waals surface area contributed by atoms with Crippen molar-refractivity contribution >= 4 is 17.5 Å². The number of nitrogens with zero attached hydrogens (tertiary/aromatic N) is 2. The lowest BCUT2D eigenvalue weighted by Gasteiger charge is -2.17. The minimum atomic E-state index is -4.54. The van der Waals surface area contributed by atoms with Gasteiger partial charge in [-0.05, 0) is 36.8 Å². The molecule has 1 fully saturated rings. The molecular formula is C16H16F3N3O2. The van der Waals surface area contributed by atoms with Gasteiger partial charge in [-0.25, -0.2) is 4.98 Å². The average molecular weight is 339 g/mol. The lowest BCUT2D eigenvalue weighted by molar-refractivity contribution is -0.142. The zero-order valence-electron chi connectivity index (χ0n) is 12.7. The van der Waals surface area contributed by atoms with Gasteiger partial charge >= 0.3 is 18.0 Å². The molecule has 0 saturated carbocycles. The predicted octanol–water partition coefficient (Wildman–Crippen LogP) is 2.46. The summed E-state index contributed by atoms with van der Waals surface area (Å²) in [6.07, 6.45) is 2.32. The highest BCUT2D eigenvalue weighted by Crippen LogP contribution is 2.33. The standard InChI is InChI=1S/C16H16F3N3O2/c17-16(18,19)13-6-5-12(7-20-13)21-14(23)15(24)22-8-10-3-1-2-4-11(10)9-22/h1-2,5-7,10-11H,3-4,8-9H2,(H,21,23)/t10-,11-/m1/s1. The molecule has 128 valence electrons. The van der Waals surface area contributed by atoms with Crippen LogP contribution in [0.1, 0.15) is 18.5 Å². The minimum Gasteiger partial charge on any atom is -0.334 e. The smallest absolute Gasteiger partial charge is 0.334 e. The van der Waals surface area contributed by atoms with E-state index in [0.29, 0.717) is 24.9 Å². The second-order valence-electron chi connectivity index (χ2n) is 6.06. The maximum atomic E-state index is 12.4. The third-order valence-corrected chi connectivity index (χ3v) is 4.41. The Labute approximate surface area is 136 Å². The van der Waals surface area contributed by atoms with E-state index >= 15 is 0 Å². The van der Waals surface area contributed by atoms with Gasteiger partial charge in [0.05, 0.1) is 11.9 Å². The number of aromatic nitrogens is 1. The Kier molecular flexibility index (Phi) is 4.29. The Morgan fingerprint density at radius 3 is 2.25 bits per heavy atom. The van der Waals surface area contributed by atoms with Crippen molar-refractivity contribution in [2.75, 3.05) is 18.4 Å². The van der Waals surface area contributed by atoms with Crippen LogP contribution >= 0.6 is 0 Å². The van der Waals surface area contributed by atoms with Crippen molar-refractivity contribution in [1.29, 1.82) is 0 Å². The van der Waals surface area contributed by atoms with Gasteiger partial charge in [0.25, 0.3) is 0 Å². The van der Waals surface area contributed by atoms with Crippen LogP contribution in [0, 0.1) is 11.8 Å². The fourth-order valence-electron chi connectivity index (χ4n) is 3.14. The molecule has 2 atom stereocenters. The van der Waals surface area contributed by atoms with Gasteiger partial charge in [-0.3, -0.25) is 9.59 Å². The summed E-state index contributed by atoms with van der Waals surface area (Å²) in [7, 11) is 0. The quantitative estimate of drug-likeness (QED) is 0.631. The lowest BCUT2D eigenvalue weighted by Crippen LogP contribution is -2.38. The van der Waals surface area contributed by atoms with E-state index in [1.165, 1.54) is 4.90 Å². The Morgan fingerprint density at radius 1 is 1.12 bits per heavy atom. The summed E-state index contributed by atoms with van der Waals surface area (Å²) in [4.78, 5) is 29.0. The highest BCUT2D eigenvalue weighted by atomic mass is 19.4. The van der Waals surface area contributed by atoms with Crippen LogP contribution in [0.25, 0.3) is 0 Å². The molecule has 1 aliphatic carbocycles. The first-order valence-electron chi connectivity index (χ1n) is 7.63. The van der Waals surface area contributed by atoms with E-state index in [4.69, 9.17) is 0 Å². The van der Waals surface area contributed by atoms with Gasteiger partial charge in [-0.2, -0.15) is 13.2 Å². The van der Waals surface area contributed by atoms with Crippen molar-refractivity contribution in [1.82, 2.24) is 9.88 Å². The predicted molar refractivity (Wildman–Crippen MR) is 79.8 cm³/mol. The molecule has 2 heterocycles. The Balaban J connectivity index is 1.60. The molecule has 0 aromatic carbocycles. The number of rotatable bonds is 1. The third kappa shape index (κ3) is 3.42. The van der Waals surface area contributed by atoms with Gasteiger partial charge in [0.15, 0.2) is 0 Å². The van der Waals surface area contributed by atoms with Crippen LogP contribution in [0.15, 0.2) is 30.5 Å². The molecule has 2 amide bonds. The molecule has 0 bridgehead atoms. The van der Waals surface area contributed by atoms with Crippen LogP contribution in [0.3, 0.4) is 0 Å². The summed E-state index contributed by atoms with van der Waals surface area (Å²) >= 11 is 0. The number of hydrogen-bond acceptors (Lipinski definition) is 3. The number of anilines is 1. The average Bonchev–Trinajstić information content (AvgIpc) is 2.97. The molecular weight excluding hydrogens is 323 g/mol. The molecule has 1 aromatic rings. The van der Waals surface area contributed by atoms with Crippen LogP contribution in [-0.4, -0.2) is 34.8 Å². The van der Waals surface area contributed by atoms with Gasteiger partial charge in [0, 0.05) is 13.1 Å². The minimum absolute atomic E-state index is 0.0552. The molecule has 5 nitrogen and oxygen atoms in total. The van der Waals surface area contributed by atoms with Crippen LogP contribution in [-0.2, 0) is 15.8 Å². The summed E-state index contributed by atoms with van der Waals surface area (Å²) in [6, 6.07) is 1.84. The van der Waals surface area contributed by atoms with Gasteiger partial charge in [-0.1, -0.05) is 12.2 Å². The van der Waals surface area contributed by atoms with Crippen LogP contribution < -0.4 is 5.32 Å². The van der Waals surface area contributed by atoms with Crippen molar-refractivity contribution in [2.24, 2.45) is 11.8 Å². The first-order chi connectivity index (χ1) is 11.3. The molecule has 3 rings (SSSR count). The number of amides is 2. The number of hydrogen-bond donors (Lipinski definition) is 1. The van der Waals surface area contributed by atoms with E-state index in [9.17, 15) is 22.8 Å². The van der Waals surface area contributed by atoms with E-state index in [1.54, 1.807) is 0 Å². The van der Waals surface area contributed by atoms with Gasteiger partial charge in [-0.15, -0.1) is 0 Å². The summed E-state index contributed by atoms with van der Waals surface area (Å²) in [5.74, 6) is -0.772. The van der Waals surface area contributed by atoms with Crippen LogP contribution in [0.4, 0.5) is 18.9 Å². The number of allylic oxidation sites excluding steroid dienone is 2. The number of fused-ring (bicyclic) bond motifs is 1. The van der Waals surface area contributed by atoms with Crippen molar-refractivity contribution in [3.63, 3.8) is 0 Å². The Hall–Kier alpha value is -2.38. The van der Waals surface area contributed by atoms with E-state index in [2.05, 4.69) is 22.5 Å². The van der Waals surface area contributed by atoms with E-state index in [1.807, 2.05) is 0 Å². The number of halogens is 3. The third-order valence-electron chi connectivity index (χ3n) is 4.41. The zero-order chi connectivity index (χ0) is 17.3. The highest BCUT2D eigenvalue weighted by Gasteiger charge is 2.37. The molecule has 1 saturated heterocycles. The number of pyridine rings is 1. The molecule has 0 spiro atoms. The molecule has 1 N–H and O–H groups in total. The van der Waals surface area contributed by atoms with Gasteiger partial charge in [0.1, 0.15) is 5.69 Å². The highest BCUT2D eigenvalue weighted by molar-refractivity contribution is 6.39. The first-order valence-corrected chi connectivity index (χ1v) is 7.63. The molecule has 1 aliphatic heterocycles. The first kappa shape index (κ1) is 16.5. The number of carbonyl (C=O) groups is 2. The van der Waals surface area contributed by atoms with E-state index < -0.39 is 23.7 Å². The van der Waals surface area contributed by atoms with Crippen molar-refractivity contribution in [2.45, 2.75) is 19.0 Å². The number of alkyl halides is 3. The van der Waals surface area contributed by atoms with E-state index in [-0.39, 0.29) is 5.69 Å². The van der Waals surface area contributed by atoms with Crippen LogP contribution in [0.2, 0.25) is 0 Å². The van der Waals surface area contributed by atoms with Crippen molar-refractivity contribution in [3.8, 4) is 0 Å². The number of nitrogens with one attached hydrogen (secondary N) is 1. The molecule has 0 radical (unpaired) electrons. The van der Waals surface area contributed by atoms with Gasteiger partial charge in [0.2, 0.25) is 0 Å². The lowest BCUT2D eigenvalue weighted by atomic mass is 9.86. The summed E-state index contributed by atoms with van der Waals surface area (Å²) in [6.45, 7) is 1.07. The van der Waals surface area contributed by atoms with Crippen LogP contribution in [0.5, 0.6) is 0 Å². The molecule has 2 aliphatic rings. The fourth-order valence-corrected chi connectivity index (χ4v) is 3.14. The maximum Gasteiger partial charge on any atom is 0.433 e. The van der Waals surface area contributed by atoms with Crippen molar-refractivity contribution < 1.29 is 22.8 Å². The second-order valence-corrected chi connectivity index (χ2v) is 6.06.